The maximum Gasteiger partial charge on any atom is 0.291 e. The summed E-state index contributed by atoms with van der Waals surface area (Å²) >= 11 is 0. The molecule has 6 amide bonds. The van der Waals surface area contributed by atoms with Crippen molar-refractivity contribution in [2.24, 2.45) is 17.4 Å². The molecule has 24 N–H and O–H groups in total. The molecular weight excluding hydrogens is 1190 g/mol. The van der Waals surface area contributed by atoms with Crippen LogP contribution < -0.4 is 40.5 Å². The van der Waals surface area contributed by atoms with E-state index < -0.39 is 224 Å². The van der Waals surface area contributed by atoms with Gasteiger partial charge in [-0.3, -0.25) is 33.7 Å². The summed E-state index contributed by atoms with van der Waals surface area (Å²) < 4.78 is 10.6. The fourth-order valence-corrected chi connectivity index (χ4v) is 10.6. The Morgan fingerprint density at radius 3 is 1.28 bits per heavy atom. The molecule has 2 aromatic heterocycles. The largest absolute Gasteiger partial charge is 0.503 e. The van der Waals surface area contributed by atoms with E-state index in [1.165, 1.54) is 0 Å². The van der Waals surface area contributed by atoms with E-state index in [1.807, 2.05) is 0 Å². The van der Waals surface area contributed by atoms with Gasteiger partial charge in [0.25, 0.3) is 35.4 Å². The van der Waals surface area contributed by atoms with E-state index in [0.717, 1.165) is 60.5 Å². The molecule has 0 bridgehead atoms. The van der Waals surface area contributed by atoms with E-state index in [0.29, 0.717) is 9.80 Å². The number of hydrogen-bond donors (Lipinski definition) is 22. The van der Waals surface area contributed by atoms with Gasteiger partial charge in [-0.2, -0.15) is 10.2 Å². The number of phenolic OH excluding ortho intramolecular Hbond substituents is 8. The van der Waals surface area contributed by atoms with Crippen LogP contribution in [0.3, 0.4) is 0 Å². The molecule has 4 aliphatic heterocycles. The van der Waals surface area contributed by atoms with Gasteiger partial charge in [-0.1, -0.05) is 0 Å². The smallest absolute Gasteiger partial charge is 0.291 e. The topological polar surface area (TPSA) is 626 Å². The predicted octanol–water partition coefficient (Wildman–Crippen LogP) is -6.65. The van der Waals surface area contributed by atoms with E-state index in [-0.39, 0.29) is 31.3 Å². The number of fused-ring (bicyclic) bond motifs is 2. The summed E-state index contributed by atoms with van der Waals surface area (Å²) in [6.07, 6.45) is -2.52. The molecule has 88 heavy (non-hydrogen) atoms. The summed E-state index contributed by atoms with van der Waals surface area (Å²) in [6.45, 7) is -4.70. The number of carbonyl (C=O) groups is 6. The van der Waals surface area contributed by atoms with Crippen LogP contribution in [0.1, 0.15) is 65.9 Å². The van der Waals surface area contributed by atoms with Crippen molar-refractivity contribution in [1.82, 2.24) is 19.6 Å². The van der Waals surface area contributed by atoms with Gasteiger partial charge in [0.15, 0.2) is 45.8 Å². The van der Waals surface area contributed by atoms with Crippen LogP contribution >= 0.6 is 0 Å². The minimum Gasteiger partial charge on any atom is -0.503 e. The first-order chi connectivity index (χ1) is 40.7. The van der Waals surface area contributed by atoms with Crippen LogP contribution in [-0.4, -0.2) is 214 Å². The Morgan fingerprint density at radius 2 is 0.898 bits per heavy atom. The number of hydrogen-bond acceptors (Lipinski definition) is 30. The molecule has 4 aliphatic rings. The number of phenols is 8. The number of β-amino-alcohol motifs (C(OH)–C–C–N with tert-alkyl or cyclic N) is 6. The number of anilines is 4. The number of benzene rings is 4. The lowest BCUT2D eigenvalue weighted by Gasteiger charge is -2.47. The lowest BCUT2D eigenvalue weighted by Crippen LogP contribution is -2.69. The number of aromatic nitrogens is 4. The average molecular weight is 1240 g/mol. The molecule has 0 saturated carbocycles. The van der Waals surface area contributed by atoms with E-state index in [4.69, 9.17) is 20.9 Å². The van der Waals surface area contributed by atoms with Crippen molar-refractivity contribution in [3.63, 3.8) is 0 Å². The Morgan fingerprint density at radius 1 is 0.523 bits per heavy atom. The van der Waals surface area contributed by atoms with Crippen LogP contribution in [0.25, 0.3) is 11.4 Å². The number of carbonyl (C=O) groups excluding carboxylic acids is 6. The Balaban J connectivity index is 0.940. The minimum atomic E-state index is -3.63. The molecule has 10 rings (SSSR count). The number of primary amides is 2. The van der Waals surface area contributed by atoms with Gasteiger partial charge in [0, 0.05) is 29.2 Å². The molecule has 1 atom stereocenters. The number of amides is 6. The van der Waals surface area contributed by atoms with Crippen molar-refractivity contribution in [3.8, 4) is 68.9 Å². The Bertz CT molecular complexity index is 3960. The average Bonchev–Trinajstić information content (AvgIpc) is 1.52. The molecule has 4 aromatic carbocycles. The van der Waals surface area contributed by atoms with Crippen LogP contribution in [0.2, 0.25) is 0 Å². The highest BCUT2D eigenvalue weighted by Gasteiger charge is 2.59. The zero-order valence-electron chi connectivity index (χ0n) is 44.4. The molecule has 2 saturated heterocycles. The van der Waals surface area contributed by atoms with Crippen molar-refractivity contribution in [2.45, 2.75) is 47.7 Å². The monoisotopic (exact) mass is 1240 g/mol. The number of aliphatic hydroxyl groups is 12. The molecule has 0 spiro atoms. The number of ether oxygens (including phenoxy) is 2. The molecule has 0 aliphatic carbocycles. The SMILES string of the molecule is COc1c(O)c(O)c(-n2nc(C(N)=O)c3c2C(=O)N(c2ccc(N4C(=O)C(O)(O)CC(COc5c(O)c(O)c(-n6nc(C(N)=O)c7c6C(=O)N(c6ccc(N8CC(O)(O)C(O)(O)CC8=O)cc6)CC7(O)O)c(O)c5O)C4(O)O)cc2)CC3(O)O)c(O)c1O. The number of piperidine rings is 2. The van der Waals surface area contributed by atoms with Crippen LogP contribution in [0.4, 0.5) is 22.7 Å². The number of methoxy groups -OCH3 is 1. The molecule has 0 radical (unpaired) electrons. The van der Waals surface area contributed by atoms with Gasteiger partial charge in [-0.05, 0) is 48.5 Å². The third kappa shape index (κ3) is 8.98. The fourth-order valence-electron chi connectivity index (χ4n) is 10.6. The highest BCUT2D eigenvalue weighted by Crippen LogP contribution is 2.56. The lowest BCUT2D eigenvalue weighted by molar-refractivity contribution is -0.354. The van der Waals surface area contributed by atoms with Crippen molar-refractivity contribution in [1.29, 1.82) is 0 Å². The van der Waals surface area contributed by atoms with E-state index in [1.54, 1.807) is 0 Å². The zero-order chi connectivity index (χ0) is 64.9. The number of nitrogens with two attached hydrogens (primary N) is 2. The Hall–Kier alpha value is -10.4. The third-order valence-electron chi connectivity index (χ3n) is 15.0. The first kappa shape index (κ1) is 60.8. The molecule has 38 heteroatoms. The standard InChI is InChI=1S/C50H48N10O28/c1-87-38-34(66)30(62)28(31(63)35(38)67)59-26-22(24(53-59)40(51)70)47(79,80)14-57(43(26)73)19-6-8-20(9-7-19)58-44(74)45(75,76)10-16(50(58,85)86)12-88-39-36(68)32(64)29(33(65)37(39)69)60-27-23(25(54-60)41(52)71)46(77,78)13-56(42(27)72)18-4-2-17(3-5-18)55-15-49(83,84)48(81,82)11-21(55)61/h2-9,16,62-69,75-86H,10-15H2,1H3,(H2,51,70)(H2,52,71). The number of aromatic hydroxyl groups is 8. The second-order valence-corrected chi connectivity index (χ2v) is 20.6. The number of rotatable bonds is 12. The predicted molar refractivity (Wildman–Crippen MR) is 279 cm³/mol. The molecular formula is C50H48N10O28. The van der Waals surface area contributed by atoms with Crippen molar-refractivity contribution in [3.05, 3.63) is 82.4 Å². The summed E-state index contributed by atoms with van der Waals surface area (Å²) in [5.74, 6) is -44.7. The summed E-state index contributed by atoms with van der Waals surface area (Å²) in [7, 11) is 0.919. The van der Waals surface area contributed by atoms with Gasteiger partial charge >= 0.3 is 0 Å². The highest BCUT2D eigenvalue weighted by molar-refractivity contribution is 6.12. The van der Waals surface area contributed by atoms with Gasteiger partial charge < -0.3 is 138 Å². The van der Waals surface area contributed by atoms with Crippen LogP contribution in [0.15, 0.2) is 48.5 Å². The quantitative estimate of drug-likeness (QED) is 0.0308. The van der Waals surface area contributed by atoms with Gasteiger partial charge in [0.1, 0.15) is 11.4 Å². The van der Waals surface area contributed by atoms with Crippen molar-refractivity contribution < 1.29 is 140 Å². The van der Waals surface area contributed by atoms with Crippen molar-refractivity contribution >= 4 is 58.2 Å². The highest BCUT2D eigenvalue weighted by atomic mass is 16.6. The Labute approximate surface area is 486 Å². The van der Waals surface area contributed by atoms with E-state index in [9.17, 15) is 131 Å². The summed E-state index contributed by atoms with van der Waals surface area (Å²) in [6, 6.07) is 7.86. The lowest BCUT2D eigenvalue weighted by atomic mass is 9.88. The molecule has 2 fully saturated rings. The minimum absolute atomic E-state index is 0.0228. The van der Waals surface area contributed by atoms with Crippen LogP contribution in [-0.2, 0) is 21.2 Å². The van der Waals surface area contributed by atoms with Crippen molar-refractivity contribution in [2.75, 3.05) is 53.0 Å². The Kier molecular flexibility index (Phi) is 13.7. The molecule has 38 nitrogen and oxygen atoms in total. The molecule has 6 aromatic rings. The van der Waals surface area contributed by atoms with Gasteiger partial charge in [0.2, 0.25) is 69.3 Å². The fraction of sp³-hybridized carbons (Fsp3) is 0.280. The second-order valence-electron chi connectivity index (χ2n) is 20.6. The van der Waals surface area contributed by atoms with E-state index >= 15 is 0 Å². The summed E-state index contributed by atoms with van der Waals surface area (Å²) in [5, 5.41) is 227. The summed E-state index contributed by atoms with van der Waals surface area (Å²) in [5.41, 5.74) is 0.848. The van der Waals surface area contributed by atoms with Gasteiger partial charge in [-0.15, -0.1) is 0 Å². The van der Waals surface area contributed by atoms with Crippen LogP contribution in [0, 0.1) is 5.92 Å². The first-order valence-corrected chi connectivity index (χ1v) is 25.0. The van der Waals surface area contributed by atoms with Gasteiger partial charge in [0.05, 0.1) is 56.8 Å². The maximum atomic E-state index is 14.4. The van der Waals surface area contributed by atoms with Crippen LogP contribution in [0.5, 0.6) is 57.5 Å². The zero-order valence-corrected chi connectivity index (χ0v) is 44.4. The summed E-state index contributed by atoms with van der Waals surface area (Å²) in [4.78, 5) is 82.3. The van der Waals surface area contributed by atoms with E-state index in [2.05, 4.69) is 10.2 Å². The third-order valence-corrected chi connectivity index (χ3v) is 15.0. The number of nitrogens with zero attached hydrogens (tertiary/aromatic N) is 8. The van der Waals surface area contributed by atoms with Gasteiger partial charge in [-0.25, -0.2) is 9.36 Å². The normalized spacial score (nSPS) is 19.8. The maximum absolute atomic E-state index is 14.4. The molecule has 6 heterocycles. The second kappa shape index (κ2) is 19.8. The molecule has 466 valence electrons. The first-order valence-electron chi connectivity index (χ1n) is 25.0. The molecule has 1 unspecified atom stereocenters.